The molecule has 0 aliphatic heterocycles. The lowest BCUT2D eigenvalue weighted by Crippen LogP contribution is -2.14. The third-order valence-corrected chi connectivity index (χ3v) is 5.57. The van der Waals surface area contributed by atoms with Crippen LogP contribution in [-0.2, 0) is 23.8 Å². The zero-order chi connectivity index (χ0) is 24.6. The smallest absolute Gasteiger partial charge is 0.384 e. The maximum atomic E-state index is 12.8. The largest absolute Gasteiger partial charge is 0.457 e. The average Bonchev–Trinajstić information content (AvgIpc) is 3.39. The van der Waals surface area contributed by atoms with Crippen molar-refractivity contribution in [3.63, 3.8) is 0 Å². The Morgan fingerprint density at radius 2 is 1.79 bits per heavy atom. The molecule has 7 nitrogen and oxygen atoms in total. The molecule has 1 aliphatic rings. The number of nitriles is 1. The molecule has 0 N–H and O–H groups in total. The summed E-state index contributed by atoms with van der Waals surface area (Å²) in [5, 5.41) is 9.64. The van der Waals surface area contributed by atoms with Crippen LogP contribution in [0.25, 0.3) is 0 Å². The minimum Gasteiger partial charge on any atom is -0.457 e. The van der Waals surface area contributed by atoms with Crippen molar-refractivity contribution in [1.82, 2.24) is 0 Å². The number of carbonyl (C=O) groups is 2. The molecule has 34 heavy (non-hydrogen) atoms. The number of rotatable bonds is 9. The molecule has 1 aliphatic carbocycles. The normalized spacial score (nSPS) is 18.4. The molecule has 1 saturated carbocycles. The van der Waals surface area contributed by atoms with Gasteiger partial charge in [-0.3, -0.25) is 4.79 Å². The van der Waals surface area contributed by atoms with Gasteiger partial charge in [0.25, 0.3) is 0 Å². The van der Waals surface area contributed by atoms with Crippen LogP contribution < -0.4 is 4.74 Å². The fraction of sp³-hybridized carbons (Fsp3) is 0.370. The summed E-state index contributed by atoms with van der Waals surface area (Å²) >= 11 is 0. The van der Waals surface area contributed by atoms with E-state index in [0.29, 0.717) is 30.3 Å². The van der Waals surface area contributed by atoms with Crippen molar-refractivity contribution < 1.29 is 28.5 Å². The summed E-state index contributed by atoms with van der Waals surface area (Å²) in [4.78, 5) is 24.6. The molecule has 2 aromatic rings. The van der Waals surface area contributed by atoms with Gasteiger partial charge < -0.3 is 18.9 Å². The summed E-state index contributed by atoms with van der Waals surface area (Å²) < 4.78 is 21.4. The summed E-state index contributed by atoms with van der Waals surface area (Å²) in [5.74, 6) is 4.32. The van der Waals surface area contributed by atoms with Crippen LogP contribution in [0.4, 0.5) is 0 Å². The van der Waals surface area contributed by atoms with Crippen molar-refractivity contribution in [2.45, 2.75) is 26.9 Å². The van der Waals surface area contributed by atoms with E-state index in [9.17, 15) is 14.9 Å². The van der Waals surface area contributed by atoms with Crippen molar-refractivity contribution in [3.8, 4) is 29.4 Å². The maximum absolute atomic E-state index is 12.8. The van der Waals surface area contributed by atoms with Gasteiger partial charge in [-0.15, -0.1) is 0 Å². The van der Waals surface area contributed by atoms with E-state index in [4.69, 9.17) is 18.9 Å². The zero-order valence-corrected chi connectivity index (χ0v) is 19.4. The number of hydrogen-bond donors (Lipinski definition) is 0. The van der Waals surface area contributed by atoms with E-state index >= 15 is 0 Å². The molecular formula is C27H27NO6. The molecule has 7 heteroatoms. The molecule has 0 spiro atoms. The highest BCUT2D eigenvalue weighted by molar-refractivity contribution is 5.89. The first kappa shape index (κ1) is 24.8. The topological polar surface area (TPSA) is 94.9 Å². The lowest BCUT2D eigenvalue weighted by atomic mass is 10.1. The first-order chi connectivity index (χ1) is 16.4. The van der Waals surface area contributed by atoms with Crippen LogP contribution in [0.5, 0.6) is 11.5 Å². The van der Waals surface area contributed by atoms with Crippen molar-refractivity contribution in [2.75, 3.05) is 19.8 Å². The number of carbonyl (C=O) groups excluding carboxylic acids is 2. The highest BCUT2D eigenvalue weighted by Gasteiger charge is 2.62. The van der Waals surface area contributed by atoms with Crippen LogP contribution >= 0.6 is 0 Å². The Morgan fingerprint density at radius 1 is 1.06 bits per heavy atom. The fourth-order valence-corrected chi connectivity index (χ4v) is 3.58. The van der Waals surface area contributed by atoms with Gasteiger partial charge in [0, 0.05) is 24.0 Å². The summed E-state index contributed by atoms with van der Waals surface area (Å²) in [5.41, 5.74) is 0.0248. The zero-order valence-electron chi connectivity index (χ0n) is 19.4. The Balaban J connectivity index is 1.61. The molecule has 0 unspecified atom stereocenters. The number of benzene rings is 2. The number of nitrogens with zero attached hydrogens (tertiary/aromatic N) is 1. The van der Waals surface area contributed by atoms with E-state index in [0.717, 1.165) is 0 Å². The molecule has 0 amide bonds. The van der Waals surface area contributed by atoms with Crippen LogP contribution in [0.3, 0.4) is 0 Å². The van der Waals surface area contributed by atoms with E-state index in [1.54, 1.807) is 24.3 Å². The third-order valence-electron chi connectivity index (χ3n) is 5.57. The fourth-order valence-electron chi connectivity index (χ4n) is 3.58. The van der Waals surface area contributed by atoms with Gasteiger partial charge in [-0.05, 0) is 36.6 Å². The second kappa shape index (κ2) is 11.4. The molecule has 0 aromatic heterocycles. The van der Waals surface area contributed by atoms with Crippen LogP contribution in [0.2, 0.25) is 0 Å². The molecule has 0 heterocycles. The van der Waals surface area contributed by atoms with Crippen molar-refractivity contribution in [1.29, 1.82) is 5.26 Å². The SMILES string of the molecule is CCOCCOC(=O)C#C[C@H]1[C@@H](C(=O)O[C@H](C#N)c2cccc(Oc3ccccc3)c2)C1(C)C. The highest BCUT2D eigenvalue weighted by atomic mass is 16.6. The third kappa shape index (κ3) is 6.37. The van der Waals surface area contributed by atoms with Crippen LogP contribution in [-0.4, -0.2) is 31.8 Å². The van der Waals surface area contributed by atoms with Crippen LogP contribution in [0, 0.1) is 40.4 Å². The van der Waals surface area contributed by atoms with E-state index in [2.05, 4.69) is 11.8 Å². The van der Waals surface area contributed by atoms with E-state index in [-0.39, 0.29) is 12.5 Å². The minimum atomic E-state index is -1.10. The van der Waals surface area contributed by atoms with Gasteiger partial charge in [-0.25, -0.2) is 4.79 Å². The van der Waals surface area contributed by atoms with Crippen molar-refractivity contribution in [2.24, 2.45) is 17.3 Å². The molecule has 176 valence electrons. The first-order valence-corrected chi connectivity index (χ1v) is 11.1. The standard InChI is InChI=1S/C27H27NO6/c1-4-31-15-16-32-24(29)14-13-22-25(27(22,2)3)26(30)34-23(18-28)19-9-8-12-21(17-19)33-20-10-6-5-7-11-20/h5-12,17,22-23,25H,4,15-16H2,1-3H3/t22-,23+,25-/m0/s1. The van der Waals surface area contributed by atoms with Crippen molar-refractivity contribution >= 4 is 11.9 Å². The Labute approximate surface area is 199 Å². The Bertz CT molecular complexity index is 1110. The maximum Gasteiger partial charge on any atom is 0.384 e. The monoisotopic (exact) mass is 461 g/mol. The molecule has 3 atom stereocenters. The number of esters is 2. The van der Waals surface area contributed by atoms with E-state index in [1.807, 2.05) is 57.2 Å². The van der Waals surface area contributed by atoms with Gasteiger partial charge in [0.15, 0.2) is 0 Å². The lowest BCUT2D eigenvalue weighted by Gasteiger charge is -2.13. The summed E-state index contributed by atoms with van der Waals surface area (Å²) in [6, 6.07) is 18.1. The Hall–Kier alpha value is -3.81. The number of para-hydroxylation sites is 1. The molecule has 0 radical (unpaired) electrons. The highest BCUT2D eigenvalue weighted by Crippen LogP contribution is 2.58. The van der Waals surface area contributed by atoms with Gasteiger partial charge in [-0.1, -0.05) is 50.1 Å². The van der Waals surface area contributed by atoms with Gasteiger partial charge in [0.2, 0.25) is 6.10 Å². The Morgan fingerprint density at radius 3 is 2.50 bits per heavy atom. The summed E-state index contributed by atoms with van der Waals surface area (Å²) in [7, 11) is 0. The minimum absolute atomic E-state index is 0.123. The van der Waals surface area contributed by atoms with Crippen LogP contribution in [0.15, 0.2) is 54.6 Å². The number of hydrogen-bond acceptors (Lipinski definition) is 7. The van der Waals surface area contributed by atoms with E-state index in [1.165, 1.54) is 0 Å². The predicted molar refractivity (Wildman–Crippen MR) is 123 cm³/mol. The van der Waals surface area contributed by atoms with Gasteiger partial charge >= 0.3 is 11.9 Å². The number of ether oxygens (including phenoxy) is 4. The predicted octanol–water partition coefficient (Wildman–Crippen LogP) is 4.44. The lowest BCUT2D eigenvalue weighted by molar-refractivity contribution is -0.149. The molecule has 0 saturated heterocycles. The van der Waals surface area contributed by atoms with Gasteiger partial charge in [-0.2, -0.15) is 5.26 Å². The summed E-state index contributed by atoms with van der Waals surface area (Å²) in [6.45, 7) is 6.56. The second-order valence-electron chi connectivity index (χ2n) is 8.31. The van der Waals surface area contributed by atoms with Gasteiger partial charge in [0.05, 0.1) is 12.5 Å². The molecule has 3 rings (SSSR count). The van der Waals surface area contributed by atoms with Gasteiger partial charge in [0.1, 0.15) is 24.2 Å². The summed E-state index contributed by atoms with van der Waals surface area (Å²) in [6.07, 6.45) is -1.10. The molecule has 0 bridgehead atoms. The van der Waals surface area contributed by atoms with E-state index < -0.39 is 29.4 Å². The molecule has 1 fully saturated rings. The Kier molecular flexibility index (Phi) is 8.29. The van der Waals surface area contributed by atoms with Crippen molar-refractivity contribution in [3.05, 3.63) is 60.2 Å². The molecular weight excluding hydrogens is 434 g/mol. The quantitative estimate of drug-likeness (QED) is 0.236. The first-order valence-electron chi connectivity index (χ1n) is 11.1. The second-order valence-corrected chi connectivity index (χ2v) is 8.31. The van der Waals surface area contributed by atoms with Crippen LogP contribution in [0.1, 0.15) is 32.4 Å². The molecule has 2 aromatic carbocycles. The average molecular weight is 462 g/mol.